The van der Waals surface area contributed by atoms with Gasteiger partial charge >= 0.3 is 6.18 Å². The molecule has 0 radical (unpaired) electrons. The van der Waals surface area contributed by atoms with Gasteiger partial charge in [-0.3, -0.25) is 0 Å². The lowest BCUT2D eigenvalue weighted by atomic mass is 9.43. The summed E-state index contributed by atoms with van der Waals surface area (Å²) < 4.78 is 40.6. The first-order valence-electron chi connectivity index (χ1n) is 12.7. The molecule has 4 aliphatic carbocycles. The fourth-order valence-corrected chi connectivity index (χ4v) is 8.87. The summed E-state index contributed by atoms with van der Waals surface area (Å²) >= 11 is 0. The van der Waals surface area contributed by atoms with Crippen molar-refractivity contribution >= 4 is 0 Å². The number of alkyl halides is 3. The molecular weight excluding hydrogens is 401 g/mol. The first kappa shape index (κ1) is 23.9. The first-order valence-corrected chi connectivity index (χ1v) is 12.7. The smallest absolute Gasteiger partial charge is 0.390 e. The Bertz CT molecular complexity index is 671. The van der Waals surface area contributed by atoms with Crippen LogP contribution in [0.5, 0.6) is 0 Å². The molecule has 8 atom stereocenters. The highest BCUT2D eigenvalue weighted by atomic mass is 19.4. The normalized spacial score (nSPS) is 48.1. The Hall–Kier alpha value is -0.290. The van der Waals surface area contributed by atoms with Gasteiger partial charge < -0.3 is 10.2 Å². The van der Waals surface area contributed by atoms with Gasteiger partial charge in [0.15, 0.2) is 5.60 Å². The third kappa shape index (κ3) is 3.98. The zero-order valence-electron chi connectivity index (χ0n) is 19.9. The topological polar surface area (TPSA) is 40.5 Å². The lowest BCUT2D eigenvalue weighted by molar-refractivity contribution is -0.290. The fourth-order valence-electron chi connectivity index (χ4n) is 8.87. The van der Waals surface area contributed by atoms with Crippen molar-refractivity contribution in [3.8, 4) is 0 Å². The van der Waals surface area contributed by atoms with Gasteiger partial charge in [-0.1, -0.05) is 20.3 Å². The second-order valence-electron chi connectivity index (χ2n) is 12.9. The van der Waals surface area contributed by atoms with Crippen LogP contribution in [-0.4, -0.2) is 27.6 Å². The average Bonchev–Trinajstić information content (AvgIpc) is 2.97. The Morgan fingerprint density at radius 3 is 2.19 bits per heavy atom. The summed E-state index contributed by atoms with van der Waals surface area (Å²) in [6.45, 7) is 8.53. The van der Waals surface area contributed by atoms with Gasteiger partial charge in [0.2, 0.25) is 0 Å². The van der Waals surface area contributed by atoms with Crippen LogP contribution in [0.2, 0.25) is 0 Å². The number of hydrogen-bond donors (Lipinski definition) is 2. The van der Waals surface area contributed by atoms with Crippen molar-refractivity contribution < 1.29 is 23.4 Å². The Balaban J connectivity index is 1.47. The minimum Gasteiger partial charge on any atom is -0.390 e. The third-order valence-electron chi connectivity index (χ3n) is 10.8. The van der Waals surface area contributed by atoms with Crippen molar-refractivity contribution in [2.24, 2.45) is 40.4 Å². The van der Waals surface area contributed by atoms with E-state index < -0.39 is 17.4 Å². The van der Waals surface area contributed by atoms with Gasteiger partial charge in [0.1, 0.15) is 0 Å². The van der Waals surface area contributed by atoms with E-state index in [1.807, 2.05) is 13.8 Å². The highest BCUT2D eigenvalue weighted by molar-refractivity contribution is 5.11. The van der Waals surface area contributed by atoms with E-state index in [1.165, 1.54) is 25.7 Å². The standard InChI is InChI=1S/C26H43F3O2/c1-22(2,30)12-5-6-17-8-10-20-19-9-7-18-16-25(31,26(27,28)29)15-14-24(18,4)21(19)11-13-23(17,20)3/h17-21,30-31H,5-16H2,1-4H3/t17-,18-,19+,20+,21+,23-,24+,25-/m1/s1. The molecule has 180 valence electrons. The van der Waals surface area contributed by atoms with Gasteiger partial charge in [0.25, 0.3) is 0 Å². The van der Waals surface area contributed by atoms with Crippen LogP contribution in [0.15, 0.2) is 0 Å². The molecule has 0 spiro atoms. The van der Waals surface area contributed by atoms with E-state index in [-0.39, 0.29) is 24.2 Å². The van der Waals surface area contributed by atoms with Crippen LogP contribution in [0.25, 0.3) is 0 Å². The molecule has 31 heavy (non-hydrogen) atoms. The Morgan fingerprint density at radius 1 is 0.871 bits per heavy atom. The molecule has 2 N–H and O–H groups in total. The molecule has 0 bridgehead atoms. The van der Waals surface area contributed by atoms with E-state index in [0.717, 1.165) is 32.1 Å². The summed E-state index contributed by atoms with van der Waals surface area (Å²) in [6, 6.07) is 0. The van der Waals surface area contributed by atoms with Gasteiger partial charge in [0.05, 0.1) is 5.60 Å². The third-order valence-corrected chi connectivity index (χ3v) is 10.8. The monoisotopic (exact) mass is 444 g/mol. The van der Waals surface area contributed by atoms with Crippen molar-refractivity contribution in [1.29, 1.82) is 0 Å². The quantitative estimate of drug-likeness (QED) is 0.496. The molecule has 0 saturated heterocycles. The molecule has 4 fully saturated rings. The summed E-state index contributed by atoms with van der Waals surface area (Å²) in [4.78, 5) is 0. The van der Waals surface area contributed by atoms with Crippen LogP contribution in [-0.2, 0) is 0 Å². The minimum atomic E-state index is -4.52. The molecule has 0 unspecified atom stereocenters. The maximum absolute atomic E-state index is 13.5. The van der Waals surface area contributed by atoms with E-state index in [9.17, 15) is 23.4 Å². The van der Waals surface area contributed by atoms with Crippen LogP contribution in [0, 0.1) is 40.4 Å². The van der Waals surface area contributed by atoms with E-state index in [1.54, 1.807) is 0 Å². The molecule has 4 aliphatic rings. The Labute approximate surface area is 186 Å². The molecule has 0 amide bonds. The van der Waals surface area contributed by atoms with Gasteiger partial charge in [0, 0.05) is 0 Å². The molecule has 4 rings (SSSR count). The Morgan fingerprint density at radius 2 is 1.55 bits per heavy atom. The predicted molar refractivity (Wildman–Crippen MR) is 116 cm³/mol. The first-order chi connectivity index (χ1) is 14.2. The molecule has 0 aromatic heterocycles. The summed E-state index contributed by atoms with van der Waals surface area (Å²) in [5.41, 5.74) is -2.78. The van der Waals surface area contributed by atoms with E-state index in [2.05, 4.69) is 13.8 Å². The van der Waals surface area contributed by atoms with E-state index in [4.69, 9.17) is 0 Å². The highest BCUT2D eigenvalue weighted by Gasteiger charge is 2.64. The minimum absolute atomic E-state index is 0.0116. The highest BCUT2D eigenvalue weighted by Crippen LogP contribution is 2.69. The van der Waals surface area contributed by atoms with Gasteiger partial charge in [-0.2, -0.15) is 13.2 Å². The van der Waals surface area contributed by atoms with Crippen LogP contribution in [0.3, 0.4) is 0 Å². The zero-order chi connectivity index (χ0) is 22.9. The van der Waals surface area contributed by atoms with Crippen molar-refractivity contribution in [1.82, 2.24) is 0 Å². The zero-order valence-corrected chi connectivity index (χ0v) is 19.9. The van der Waals surface area contributed by atoms with Crippen molar-refractivity contribution in [2.75, 3.05) is 0 Å². The maximum atomic E-state index is 13.5. The summed E-state index contributed by atoms with van der Waals surface area (Å²) in [5, 5.41) is 20.5. The van der Waals surface area contributed by atoms with Gasteiger partial charge in [-0.05, 0) is 125 Å². The molecule has 5 heteroatoms. The maximum Gasteiger partial charge on any atom is 0.417 e. The largest absolute Gasteiger partial charge is 0.417 e. The predicted octanol–water partition coefficient (Wildman–Crippen LogP) is 6.88. The van der Waals surface area contributed by atoms with Crippen molar-refractivity contribution in [3.05, 3.63) is 0 Å². The number of aliphatic hydroxyl groups is 2. The molecule has 0 aromatic carbocycles. The molecule has 0 heterocycles. The average molecular weight is 445 g/mol. The number of fused-ring (bicyclic) bond motifs is 5. The van der Waals surface area contributed by atoms with Crippen LogP contribution < -0.4 is 0 Å². The van der Waals surface area contributed by atoms with Gasteiger partial charge in [-0.25, -0.2) is 0 Å². The Kier molecular flexibility index (Phi) is 5.86. The van der Waals surface area contributed by atoms with E-state index >= 15 is 0 Å². The molecule has 2 nitrogen and oxygen atoms in total. The molecule has 0 aliphatic heterocycles. The van der Waals surface area contributed by atoms with Crippen LogP contribution in [0.1, 0.15) is 105 Å². The van der Waals surface area contributed by atoms with E-state index in [0.29, 0.717) is 35.5 Å². The van der Waals surface area contributed by atoms with Crippen LogP contribution >= 0.6 is 0 Å². The van der Waals surface area contributed by atoms with Crippen molar-refractivity contribution in [2.45, 2.75) is 122 Å². The molecular formula is C26H43F3O2. The van der Waals surface area contributed by atoms with Gasteiger partial charge in [-0.15, -0.1) is 0 Å². The summed E-state index contributed by atoms with van der Waals surface area (Å²) in [7, 11) is 0. The summed E-state index contributed by atoms with van der Waals surface area (Å²) in [6.07, 6.45) is 5.60. The number of hydrogen-bond acceptors (Lipinski definition) is 2. The lowest BCUT2D eigenvalue weighted by Crippen LogP contribution is -2.59. The van der Waals surface area contributed by atoms with Crippen LogP contribution in [0.4, 0.5) is 13.2 Å². The SMILES string of the molecule is CC(C)(O)CCC[C@@H]1CC[C@H]2[C@@H]3CC[C@@H]4C[C@@](O)(C(F)(F)F)CC[C@]4(C)[C@H]3CC[C@]12C. The molecule has 0 aromatic rings. The lowest BCUT2D eigenvalue weighted by Gasteiger charge is -2.62. The fraction of sp³-hybridized carbons (Fsp3) is 1.00. The number of halogens is 3. The second kappa shape index (κ2) is 7.61. The second-order valence-corrected chi connectivity index (χ2v) is 12.9. The summed E-state index contributed by atoms with van der Waals surface area (Å²) in [5.74, 6) is 2.55. The van der Waals surface area contributed by atoms with Crippen molar-refractivity contribution in [3.63, 3.8) is 0 Å². The number of rotatable bonds is 4. The molecule has 4 saturated carbocycles.